The molecule has 0 unspecified atom stereocenters. The summed E-state index contributed by atoms with van der Waals surface area (Å²) in [6, 6.07) is 23.9. The molecule has 4 rings (SSSR count). The van der Waals surface area contributed by atoms with Crippen molar-refractivity contribution in [3.63, 3.8) is 0 Å². The van der Waals surface area contributed by atoms with E-state index in [1.54, 1.807) is 7.11 Å². The number of nitrogens with one attached hydrogen (secondary N) is 2. The normalized spacial score (nSPS) is 10.8. The van der Waals surface area contributed by atoms with Crippen molar-refractivity contribution in [1.29, 1.82) is 0 Å². The summed E-state index contributed by atoms with van der Waals surface area (Å²) in [4.78, 5) is 20.2. The number of hydrogen-bond acceptors (Lipinski definition) is 3. The van der Waals surface area contributed by atoms with Gasteiger partial charge in [0.2, 0.25) is 5.91 Å². The number of nitrogens with zero attached hydrogens (tertiary/aromatic N) is 1. The van der Waals surface area contributed by atoms with Gasteiger partial charge in [0.05, 0.1) is 18.1 Å². The number of ether oxygens (including phenoxy) is 1. The summed E-state index contributed by atoms with van der Waals surface area (Å²) < 4.78 is 5.15. The number of fused-ring (bicyclic) bond motifs is 1. The average Bonchev–Trinajstić information content (AvgIpc) is 3.20. The van der Waals surface area contributed by atoms with Gasteiger partial charge in [-0.3, -0.25) is 4.79 Å². The number of carbonyl (C=O) groups is 1. The minimum atomic E-state index is 0.0375. The van der Waals surface area contributed by atoms with Gasteiger partial charge in [-0.2, -0.15) is 0 Å². The SMILES string of the molecule is COc1ccc(CNC(=O)CCc2ccc3nc(-c4ccccc4)[nH]c3c2)cc1. The van der Waals surface area contributed by atoms with E-state index in [1.165, 1.54) is 0 Å². The number of H-pyrrole nitrogens is 1. The van der Waals surface area contributed by atoms with Gasteiger partial charge in [-0.25, -0.2) is 4.98 Å². The monoisotopic (exact) mass is 385 g/mol. The van der Waals surface area contributed by atoms with Crippen LogP contribution in [0, 0.1) is 0 Å². The fourth-order valence-electron chi connectivity index (χ4n) is 3.24. The molecule has 0 atom stereocenters. The van der Waals surface area contributed by atoms with Crippen LogP contribution in [-0.4, -0.2) is 23.0 Å². The van der Waals surface area contributed by atoms with E-state index in [0.717, 1.165) is 39.3 Å². The highest BCUT2D eigenvalue weighted by Crippen LogP contribution is 2.21. The van der Waals surface area contributed by atoms with Crippen molar-refractivity contribution < 1.29 is 9.53 Å². The maximum atomic E-state index is 12.2. The Hall–Kier alpha value is -3.60. The number of aryl methyl sites for hydroxylation is 1. The molecule has 0 fully saturated rings. The first kappa shape index (κ1) is 18.7. The number of carbonyl (C=O) groups excluding carboxylic acids is 1. The standard InChI is InChI=1S/C24H23N3O2/c1-29-20-11-7-18(8-12-20)16-25-23(28)14-10-17-9-13-21-22(15-17)27-24(26-21)19-5-3-2-4-6-19/h2-9,11-13,15H,10,14,16H2,1H3,(H,25,28)(H,26,27). The van der Waals surface area contributed by atoms with E-state index in [4.69, 9.17) is 4.74 Å². The van der Waals surface area contributed by atoms with E-state index >= 15 is 0 Å². The molecular formula is C24H23N3O2. The minimum absolute atomic E-state index is 0.0375. The van der Waals surface area contributed by atoms with Gasteiger partial charge in [-0.1, -0.05) is 48.5 Å². The van der Waals surface area contributed by atoms with Crippen LogP contribution in [0.25, 0.3) is 22.4 Å². The summed E-state index contributed by atoms with van der Waals surface area (Å²) in [5.74, 6) is 1.70. The second-order valence-corrected chi connectivity index (χ2v) is 6.93. The Labute approximate surface area is 169 Å². The van der Waals surface area contributed by atoms with Crippen LogP contribution < -0.4 is 10.1 Å². The number of hydrogen-bond donors (Lipinski definition) is 2. The molecule has 0 aliphatic carbocycles. The summed E-state index contributed by atoms with van der Waals surface area (Å²) in [5, 5.41) is 2.97. The summed E-state index contributed by atoms with van der Waals surface area (Å²) in [7, 11) is 1.64. The Morgan fingerprint density at radius 1 is 1.00 bits per heavy atom. The highest BCUT2D eigenvalue weighted by atomic mass is 16.5. The van der Waals surface area contributed by atoms with Crippen LogP contribution in [0.15, 0.2) is 72.8 Å². The zero-order valence-electron chi connectivity index (χ0n) is 16.3. The van der Waals surface area contributed by atoms with Crippen LogP contribution in [0.5, 0.6) is 5.75 Å². The van der Waals surface area contributed by atoms with Crippen LogP contribution in [0.1, 0.15) is 17.5 Å². The van der Waals surface area contributed by atoms with Gasteiger partial charge < -0.3 is 15.0 Å². The number of rotatable bonds is 7. The maximum Gasteiger partial charge on any atom is 0.220 e. The van der Waals surface area contributed by atoms with E-state index in [1.807, 2.05) is 66.7 Å². The van der Waals surface area contributed by atoms with E-state index < -0.39 is 0 Å². The second-order valence-electron chi connectivity index (χ2n) is 6.93. The van der Waals surface area contributed by atoms with Crippen LogP contribution in [0.4, 0.5) is 0 Å². The first-order valence-electron chi connectivity index (χ1n) is 9.65. The first-order valence-corrected chi connectivity index (χ1v) is 9.65. The molecule has 29 heavy (non-hydrogen) atoms. The molecule has 0 aliphatic heterocycles. The van der Waals surface area contributed by atoms with Gasteiger partial charge in [0.25, 0.3) is 0 Å². The molecule has 5 heteroatoms. The lowest BCUT2D eigenvalue weighted by Gasteiger charge is -2.06. The highest BCUT2D eigenvalue weighted by molar-refractivity contribution is 5.80. The molecule has 0 radical (unpaired) electrons. The summed E-state index contributed by atoms with van der Waals surface area (Å²) in [6.45, 7) is 0.517. The summed E-state index contributed by atoms with van der Waals surface area (Å²) >= 11 is 0. The highest BCUT2D eigenvalue weighted by Gasteiger charge is 2.07. The molecule has 0 bridgehead atoms. The third-order valence-corrected chi connectivity index (χ3v) is 4.88. The Morgan fingerprint density at radius 2 is 1.76 bits per heavy atom. The van der Waals surface area contributed by atoms with E-state index in [9.17, 15) is 4.79 Å². The molecular weight excluding hydrogens is 362 g/mol. The van der Waals surface area contributed by atoms with Gasteiger partial charge in [-0.05, 0) is 41.8 Å². The smallest absolute Gasteiger partial charge is 0.220 e. The molecule has 0 saturated carbocycles. The number of imidazole rings is 1. The Balaban J connectivity index is 1.34. The molecule has 1 heterocycles. The fourth-order valence-corrected chi connectivity index (χ4v) is 3.24. The molecule has 2 N–H and O–H groups in total. The molecule has 3 aromatic carbocycles. The van der Waals surface area contributed by atoms with Gasteiger partial charge in [0, 0.05) is 18.5 Å². The van der Waals surface area contributed by atoms with Gasteiger partial charge in [0.1, 0.15) is 11.6 Å². The fraction of sp³-hybridized carbons (Fsp3) is 0.167. The average molecular weight is 385 g/mol. The van der Waals surface area contributed by atoms with Crippen LogP contribution >= 0.6 is 0 Å². The lowest BCUT2D eigenvalue weighted by atomic mass is 10.1. The van der Waals surface area contributed by atoms with Gasteiger partial charge in [0.15, 0.2) is 0 Å². The molecule has 5 nitrogen and oxygen atoms in total. The maximum absolute atomic E-state index is 12.2. The minimum Gasteiger partial charge on any atom is -0.497 e. The zero-order valence-corrected chi connectivity index (χ0v) is 16.3. The molecule has 0 aliphatic rings. The quantitative estimate of drug-likeness (QED) is 0.493. The molecule has 1 aromatic heterocycles. The van der Waals surface area contributed by atoms with Crippen molar-refractivity contribution in [2.45, 2.75) is 19.4 Å². The van der Waals surface area contributed by atoms with Crippen molar-refractivity contribution in [2.24, 2.45) is 0 Å². The van der Waals surface area contributed by atoms with Crippen LogP contribution in [0.3, 0.4) is 0 Å². The number of aromatic amines is 1. The Kier molecular flexibility index (Phi) is 5.56. The van der Waals surface area contributed by atoms with Crippen LogP contribution in [0.2, 0.25) is 0 Å². The summed E-state index contributed by atoms with van der Waals surface area (Å²) in [6.07, 6.45) is 1.13. The lowest BCUT2D eigenvalue weighted by molar-refractivity contribution is -0.121. The third-order valence-electron chi connectivity index (χ3n) is 4.88. The zero-order chi connectivity index (χ0) is 20.1. The predicted octanol–water partition coefficient (Wildman–Crippen LogP) is 4.49. The molecule has 1 amide bonds. The van der Waals surface area contributed by atoms with Gasteiger partial charge in [-0.15, -0.1) is 0 Å². The van der Waals surface area contributed by atoms with Gasteiger partial charge >= 0.3 is 0 Å². The van der Waals surface area contributed by atoms with Crippen molar-refractivity contribution in [2.75, 3.05) is 7.11 Å². The lowest BCUT2D eigenvalue weighted by Crippen LogP contribution is -2.22. The van der Waals surface area contributed by atoms with E-state index in [-0.39, 0.29) is 5.91 Å². The third kappa shape index (κ3) is 4.63. The first-order chi connectivity index (χ1) is 14.2. The molecule has 0 spiro atoms. The largest absolute Gasteiger partial charge is 0.497 e. The molecule has 0 saturated heterocycles. The van der Waals surface area contributed by atoms with Crippen molar-refractivity contribution in [1.82, 2.24) is 15.3 Å². The molecule has 146 valence electrons. The number of amides is 1. The Bertz CT molecular complexity index is 1100. The van der Waals surface area contributed by atoms with E-state index in [2.05, 4.69) is 21.4 Å². The second kappa shape index (κ2) is 8.61. The molecule has 4 aromatic rings. The number of benzene rings is 3. The van der Waals surface area contributed by atoms with Crippen molar-refractivity contribution in [3.8, 4) is 17.1 Å². The van der Waals surface area contributed by atoms with Crippen LogP contribution in [-0.2, 0) is 17.8 Å². The summed E-state index contributed by atoms with van der Waals surface area (Å²) in [5.41, 5.74) is 5.13. The number of methoxy groups -OCH3 is 1. The number of aromatic nitrogens is 2. The predicted molar refractivity (Wildman–Crippen MR) is 115 cm³/mol. The van der Waals surface area contributed by atoms with Crippen molar-refractivity contribution >= 4 is 16.9 Å². The van der Waals surface area contributed by atoms with Crippen molar-refractivity contribution in [3.05, 3.63) is 83.9 Å². The van der Waals surface area contributed by atoms with E-state index in [0.29, 0.717) is 19.4 Å². The Morgan fingerprint density at radius 3 is 2.52 bits per heavy atom. The topological polar surface area (TPSA) is 67.0 Å².